The monoisotopic (exact) mass is 283 g/mol. The molecule has 0 saturated heterocycles. The van der Waals surface area contributed by atoms with E-state index in [1.165, 1.54) is 31.4 Å². The third-order valence-electron chi connectivity index (χ3n) is 3.43. The lowest BCUT2D eigenvalue weighted by molar-refractivity contribution is 0.419. The summed E-state index contributed by atoms with van der Waals surface area (Å²) in [4.78, 5) is 4.31. The van der Waals surface area contributed by atoms with Gasteiger partial charge in [-0.3, -0.25) is 4.99 Å². The van der Waals surface area contributed by atoms with E-state index in [4.69, 9.17) is 0 Å². The molecule has 1 saturated carbocycles. The Morgan fingerprint density at radius 3 is 2.95 bits per heavy atom. The largest absolute Gasteiger partial charge is 0.356 e. The van der Waals surface area contributed by atoms with Crippen LogP contribution in [0.5, 0.6) is 0 Å². The summed E-state index contributed by atoms with van der Waals surface area (Å²) in [5.74, 6) is 2.19. The first-order valence-corrected chi connectivity index (χ1v) is 8.55. The second kappa shape index (κ2) is 10.2. The number of aliphatic imine (C=N–C) groups is 1. The maximum atomic E-state index is 4.31. The first-order chi connectivity index (χ1) is 9.30. The molecule has 0 aromatic carbocycles. The van der Waals surface area contributed by atoms with E-state index < -0.39 is 0 Å². The van der Waals surface area contributed by atoms with E-state index in [-0.39, 0.29) is 0 Å². The Bertz CT molecular complexity index is 287. The second-order valence-corrected chi connectivity index (χ2v) is 6.52. The van der Waals surface area contributed by atoms with Crippen molar-refractivity contribution in [2.24, 2.45) is 4.99 Å². The minimum Gasteiger partial charge on any atom is -0.356 e. The molecular weight excluding hydrogens is 254 g/mol. The van der Waals surface area contributed by atoms with E-state index in [1.54, 1.807) is 0 Å². The summed E-state index contributed by atoms with van der Waals surface area (Å²) >= 11 is 2.11. The van der Waals surface area contributed by atoms with Crippen LogP contribution < -0.4 is 10.6 Å². The Kier molecular flexibility index (Phi) is 8.80. The van der Waals surface area contributed by atoms with Crippen molar-refractivity contribution < 1.29 is 0 Å². The maximum Gasteiger partial charge on any atom is 0.191 e. The van der Waals surface area contributed by atoms with Crippen LogP contribution in [0.25, 0.3) is 0 Å². The minimum atomic E-state index is 0.589. The third kappa shape index (κ3) is 6.90. The zero-order chi connectivity index (χ0) is 13.9. The molecule has 0 amide bonds. The van der Waals surface area contributed by atoms with Crippen LogP contribution in [0.1, 0.15) is 46.0 Å². The molecule has 0 aromatic rings. The van der Waals surface area contributed by atoms with Gasteiger partial charge in [-0.25, -0.2) is 0 Å². The molecular formula is C15H29N3S. The normalized spacial score (nSPS) is 24.7. The predicted octanol–water partition coefficient (Wildman–Crippen LogP) is 3.18. The highest BCUT2D eigenvalue weighted by Gasteiger charge is 2.22. The van der Waals surface area contributed by atoms with Gasteiger partial charge >= 0.3 is 0 Å². The molecule has 1 fully saturated rings. The molecule has 0 aliphatic heterocycles. The number of thioether (sulfide) groups is 1. The van der Waals surface area contributed by atoms with Crippen molar-refractivity contribution in [3.8, 4) is 0 Å². The van der Waals surface area contributed by atoms with E-state index in [9.17, 15) is 0 Å². The van der Waals surface area contributed by atoms with E-state index >= 15 is 0 Å². The summed E-state index contributed by atoms with van der Waals surface area (Å²) in [6.07, 6.45) is 10.6. The topological polar surface area (TPSA) is 36.4 Å². The number of rotatable bonds is 6. The summed E-state index contributed by atoms with van der Waals surface area (Å²) in [7, 11) is 1.85. The van der Waals surface area contributed by atoms with E-state index in [0.717, 1.165) is 24.2 Å². The highest BCUT2D eigenvalue weighted by Crippen LogP contribution is 2.28. The van der Waals surface area contributed by atoms with Crippen LogP contribution in [0.15, 0.2) is 17.1 Å². The second-order valence-electron chi connectivity index (χ2n) is 4.94. The molecule has 110 valence electrons. The first kappa shape index (κ1) is 16.4. The van der Waals surface area contributed by atoms with Crippen molar-refractivity contribution in [3.63, 3.8) is 0 Å². The lowest BCUT2D eigenvalue weighted by Gasteiger charge is -2.30. The van der Waals surface area contributed by atoms with Gasteiger partial charge < -0.3 is 10.6 Å². The lowest BCUT2D eigenvalue weighted by Crippen LogP contribution is -2.45. The molecule has 0 heterocycles. The third-order valence-corrected chi connectivity index (χ3v) is 4.66. The number of allylic oxidation sites excluding steroid dienone is 1. The maximum absolute atomic E-state index is 4.31. The molecule has 0 spiro atoms. The smallest absolute Gasteiger partial charge is 0.191 e. The van der Waals surface area contributed by atoms with Gasteiger partial charge in [-0.1, -0.05) is 25.5 Å². The molecule has 1 aliphatic carbocycles. The molecule has 19 heavy (non-hydrogen) atoms. The fourth-order valence-corrected chi connectivity index (χ4v) is 3.66. The average molecular weight is 283 g/mol. The summed E-state index contributed by atoms with van der Waals surface area (Å²) in [5.41, 5.74) is 0. The van der Waals surface area contributed by atoms with Crippen LogP contribution in [-0.4, -0.2) is 36.6 Å². The molecule has 1 aliphatic rings. The highest BCUT2D eigenvalue weighted by molar-refractivity contribution is 7.99. The van der Waals surface area contributed by atoms with Gasteiger partial charge in [0.1, 0.15) is 0 Å². The van der Waals surface area contributed by atoms with Crippen LogP contribution in [-0.2, 0) is 0 Å². The zero-order valence-corrected chi connectivity index (χ0v) is 13.4. The summed E-state index contributed by atoms with van der Waals surface area (Å²) in [6, 6.07) is 0.589. The van der Waals surface area contributed by atoms with Gasteiger partial charge in [0.25, 0.3) is 0 Å². The van der Waals surface area contributed by atoms with Crippen molar-refractivity contribution >= 4 is 17.7 Å². The molecule has 2 N–H and O–H groups in total. The molecule has 2 atom stereocenters. The standard InChI is InChI=1S/C15H29N3S/c1-4-6-7-11-17-15(16-3)18-13-9-8-10-14(12-13)19-5-2/h4,6,13-14H,5,7-12H2,1-3H3,(H2,16,17,18)/b6-4+. The van der Waals surface area contributed by atoms with E-state index in [2.05, 4.69) is 53.4 Å². The Morgan fingerprint density at radius 1 is 1.42 bits per heavy atom. The summed E-state index contributed by atoms with van der Waals surface area (Å²) in [6.45, 7) is 5.26. The molecule has 4 heteroatoms. The van der Waals surface area contributed by atoms with Gasteiger partial charge in [0.2, 0.25) is 0 Å². The van der Waals surface area contributed by atoms with Gasteiger partial charge in [-0.15, -0.1) is 0 Å². The predicted molar refractivity (Wildman–Crippen MR) is 88.1 cm³/mol. The number of nitrogens with one attached hydrogen (secondary N) is 2. The molecule has 1 rings (SSSR count). The van der Waals surface area contributed by atoms with E-state index in [1.807, 2.05) is 7.05 Å². The lowest BCUT2D eigenvalue weighted by atomic mass is 9.95. The van der Waals surface area contributed by atoms with Crippen molar-refractivity contribution in [2.45, 2.75) is 57.2 Å². The van der Waals surface area contributed by atoms with Crippen molar-refractivity contribution in [3.05, 3.63) is 12.2 Å². The van der Waals surface area contributed by atoms with Crippen LogP contribution in [0.3, 0.4) is 0 Å². The Balaban J connectivity index is 2.30. The highest BCUT2D eigenvalue weighted by atomic mass is 32.2. The van der Waals surface area contributed by atoms with Crippen LogP contribution in [0.4, 0.5) is 0 Å². The SMILES string of the molecule is C/C=C/CCNC(=NC)NC1CCCC(SCC)C1. The minimum absolute atomic E-state index is 0.589. The molecule has 0 radical (unpaired) electrons. The Labute approximate surface area is 122 Å². The molecule has 0 aromatic heterocycles. The van der Waals surface area contributed by atoms with Gasteiger partial charge in [0.15, 0.2) is 5.96 Å². The first-order valence-electron chi connectivity index (χ1n) is 7.50. The summed E-state index contributed by atoms with van der Waals surface area (Å²) in [5, 5.41) is 7.78. The van der Waals surface area contributed by atoms with Crippen LogP contribution in [0, 0.1) is 0 Å². The van der Waals surface area contributed by atoms with Gasteiger partial charge in [-0.05, 0) is 38.4 Å². The van der Waals surface area contributed by atoms with E-state index in [0.29, 0.717) is 6.04 Å². The Morgan fingerprint density at radius 2 is 2.26 bits per heavy atom. The van der Waals surface area contributed by atoms with Crippen LogP contribution in [0.2, 0.25) is 0 Å². The van der Waals surface area contributed by atoms with Crippen molar-refractivity contribution in [1.29, 1.82) is 0 Å². The summed E-state index contributed by atoms with van der Waals surface area (Å²) < 4.78 is 0. The van der Waals surface area contributed by atoms with Crippen LogP contribution >= 0.6 is 11.8 Å². The molecule has 3 nitrogen and oxygen atoms in total. The Hall–Kier alpha value is -0.640. The molecule has 2 unspecified atom stereocenters. The zero-order valence-electron chi connectivity index (χ0n) is 12.6. The van der Waals surface area contributed by atoms with Gasteiger partial charge in [-0.2, -0.15) is 11.8 Å². The molecule has 0 bridgehead atoms. The fraction of sp³-hybridized carbons (Fsp3) is 0.800. The number of guanidine groups is 1. The van der Waals surface area contributed by atoms with Gasteiger partial charge in [0, 0.05) is 24.9 Å². The average Bonchev–Trinajstić information content (AvgIpc) is 2.43. The van der Waals surface area contributed by atoms with Gasteiger partial charge in [0.05, 0.1) is 0 Å². The number of hydrogen-bond donors (Lipinski definition) is 2. The fourth-order valence-electron chi connectivity index (χ4n) is 2.49. The van der Waals surface area contributed by atoms with Crippen molar-refractivity contribution in [2.75, 3.05) is 19.3 Å². The number of hydrogen-bond acceptors (Lipinski definition) is 2. The van der Waals surface area contributed by atoms with Crippen molar-refractivity contribution in [1.82, 2.24) is 10.6 Å². The number of nitrogens with zero attached hydrogens (tertiary/aromatic N) is 1. The quantitative estimate of drug-likeness (QED) is 0.340.